The van der Waals surface area contributed by atoms with Crippen LogP contribution >= 0.6 is 0 Å². The molecule has 5 nitrogen and oxygen atoms in total. The first-order valence-corrected chi connectivity index (χ1v) is 9.68. The molecule has 0 aliphatic heterocycles. The number of Topliss-reactive ketones (excluding diaryl/α,β-unsaturated/α-hetero) is 1. The monoisotopic (exact) mass is 389 g/mol. The van der Waals surface area contributed by atoms with Crippen LogP contribution in [0, 0.1) is 13.8 Å². The predicted octanol–water partition coefficient (Wildman–Crippen LogP) is 4.73. The molecule has 2 aromatic carbocycles. The second kappa shape index (κ2) is 7.24. The van der Waals surface area contributed by atoms with Gasteiger partial charge in [-0.05, 0) is 49.6 Å². The molecule has 4 aromatic rings. The molecule has 0 spiro atoms. The summed E-state index contributed by atoms with van der Waals surface area (Å²) in [7, 11) is 1.96. The van der Waals surface area contributed by atoms with Gasteiger partial charge in [-0.25, -0.2) is 4.79 Å². The lowest BCUT2D eigenvalue weighted by Gasteiger charge is -2.12. The van der Waals surface area contributed by atoms with Crippen molar-refractivity contribution in [3.05, 3.63) is 75.3 Å². The van der Waals surface area contributed by atoms with Crippen LogP contribution in [0.15, 0.2) is 51.7 Å². The number of aryl methyl sites for hydroxylation is 3. The lowest BCUT2D eigenvalue weighted by molar-refractivity contribution is 0.0923. The van der Waals surface area contributed by atoms with Crippen LogP contribution in [0.5, 0.6) is 5.75 Å². The summed E-state index contributed by atoms with van der Waals surface area (Å²) in [5.41, 5.74) is 4.46. The van der Waals surface area contributed by atoms with Crippen molar-refractivity contribution >= 4 is 27.7 Å². The highest BCUT2D eigenvalue weighted by atomic mass is 16.5. The fraction of sp³-hybridized carbons (Fsp3) is 0.250. The molecule has 2 heterocycles. The molecule has 0 radical (unpaired) electrons. The molecule has 0 saturated heterocycles. The second-order valence-electron chi connectivity index (χ2n) is 7.33. The van der Waals surface area contributed by atoms with Crippen molar-refractivity contribution in [1.82, 2.24) is 4.57 Å². The molecule has 0 bridgehead atoms. The summed E-state index contributed by atoms with van der Waals surface area (Å²) in [5, 5.41) is 1.68. The minimum atomic E-state index is -0.381. The van der Waals surface area contributed by atoms with Crippen LogP contribution < -0.4 is 10.4 Å². The standard InChI is InChI=1S/C24H23NO4/c1-5-16-12-22(27)29-21-11-14(2)10-20(24(16)21)28-13-19(26)23-15(3)25(4)18-9-7-6-8-17(18)23/h6-12H,5,13H2,1-4H3. The molecular formula is C24H23NO4. The van der Waals surface area contributed by atoms with E-state index in [1.54, 1.807) is 0 Å². The maximum Gasteiger partial charge on any atom is 0.336 e. The number of ether oxygens (including phenoxy) is 1. The molecule has 148 valence electrons. The summed E-state index contributed by atoms with van der Waals surface area (Å²) in [6.45, 7) is 5.74. The van der Waals surface area contributed by atoms with Gasteiger partial charge in [-0.3, -0.25) is 4.79 Å². The number of fused-ring (bicyclic) bond motifs is 2. The molecule has 29 heavy (non-hydrogen) atoms. The summed E-state index contributed by atoms with van der Waals surface area (Å²) < 4.78 is 13.4. The van der Waals surface area contributed by atoms with Crippen LogP contribution in [0.4, 0.5) is 0 Å². The summed E-state index contributed by atoms with van der Waals surface area (Å²) in [4.78, 5) is 24.9. The Labute approximate surface area is 168 Å². The minimum absolute atomic E-state index is 0.0793. The van der Waals surface area contributed by atoms with E-state index in [0.29, 0.717) is 23.3 Å². The van der Waals surface area contributed by atoms with Crippen molar-refractivity contribution in [3.63, 3.8) is 0 Å². The van der Waals surface area contributed by atoms with Gasteiger partial charge in [-0.15, -0.1) is 0 Å². The number of nitrogens with zero attached hydrogens (tertiary/aromatic N) is 1. The van der Waals surface area contributed by atoms with E-state index in [9.17, 15) is 9.59 Å². The Morgan fingerprint density at radius 2 is 1.90 bits per heavy atom. The average molecular weight is 389 g/mol. The van der Waals surface area contributed by atoms with Gasteiger partial charge >= 0.3 is 5.63 Å². The zero-order valence-electron chi connectivity index (χ0n) is 17.0. The highest BCUT2D eigenvalue weighted by Crippen LogP contribution is 2.31. The Kier molecular flexibility index (Phi) is 4.74. The van der Waals surface area contributed by atoms with E-state index in [1.807, 2.05) is 68.8 Å². The van der Waals surface area contributed by atoms with Gasteiger partial charge in [0.2, 0.25) is 5.78 Å². The topological polar surface area (TPSA) is 61.4 Å². The highest BCUT2D eigenvalue weighted by molar-refractivity contribution is 6.10. The first-order chi connectivity index (χ1) is 13.9. The summed E-state index contributed by atoms with van der Waals surface area (Å²) in [5.74, 6) is 0.483. The van der Waals surface area contributed by atoms with Gasteiger partial charge in [0.15, 0.2) is 6.61 Å². The molecule has 0 fully saturated rings. The van der Waals surface area contributed by atoms with E-state index in [2.05, 4.69) is 0 Å². The second-order valence-corrected chi connectivity index (χ2v) is 7.33. The molecule has 0 aliphatic rings. The van der Waals surface area contributed by atoms with Gasteiger partial charge in [0.05, 0.1) is 5.39 Å². The number of carbonyl (C=O) groups is 1. The van der Waals surface area contributed by atoms with Crippen molar-refractivity contribution in [2.24, 2.45) is 7.05 Å². The van der Waals surface area contributed by atoms with Crippen LogP contribution in [0.2, 0.25) is 0 Å². The van der Waals surface area contributed by atoms with Crippen LogP contribution in [0.3, 0.4) is 0 Å². The number of rotatable bonds is 5. The third-order valence-corrected chi connectivity index (χ3v) is 5.45. The Hall–Kier alpha value is -3.34. The van der Waals surface area contributed by atoms with Crippen LogP contribution in [0.1, 0.15) is 34.1 Å². The molecule has 4 rings (SSSR count). The summed E-state index contributed by atoms with van der Waals surface area (Å²) in [6, 6.07) is 13.0. The van der Waals surface area contributed by atoms with Crippen molar-refractivity contribution in [1.29, 1.82) is 0 Å². The molecule has 0 N–H and O–H groups in total. The molecule has 0 unspecified atom stereocenters. The number of para-hydroxylation sites is 1. The minimum Gasteiger partial charge on any atom is -0.485 e. The number of hydrogen-bond donors (Lipinski definition) is 0. The quantitative estimate of drug-likeness (QED) is 0.366. The number of hydrogen-bond acceptors (Lipinski definition) is 4. The van der Waals surface area contributed by atoms with Crippen LogP contribution in [0.25, 0.3) is 21.9 Å². The third kappa shape index (κ3) is 3.23. The number of carbonyl (C=O) groups excluding carboxylic acids is 1. The number of benzene rings is 2. The maximum atomic E-state index is 13.1. The summed E-state index contributed by atoms with van der Waals surface area (Å²) in [6.07, 6.45) is 0.665. The molecule has 0 amide bonds. The van der Waals surface area contributed by atoms with Gasteiger partial charge in [0.25, 0.3) is 0 Å². The lowest BCUT2D eigenvalue weighted by atomic mass is 10.0. The lowest BCUT2D eigenvalue weighted by Crippen LogP contribution is -2.13. The van der Waals surface area contributed by atoms with E-state index in [1.165, 1.54) is 6.07 Å². The van der Waals surface area contributed by atoms with Gasteiger partial charge in [-0.1, -0.05) is 25.1 Å². The molecular weight excluding hydrogens is 366 g/mol. The van der Waals surface area contributed by atoms with E-state index in [-0.39, 0.29) is 18.0 Å². The van der Waals surface area contributed by atoms with Crippen LogP contribution in [-0.4, -0.2) is 17.0 Å². The van der Waals surface area contributed by atoms with Crippen molar-refractivity contribution < 1.29 is 13.9 Å². The van der Waals surface area contributed by atoms with E-state index in [4.69, 9.17) is 9.15 Å². The van der Waals surface area contributed by atoms with E-state index in [0.717, 1.165) is 33.1 Å². The Bertz CT molecular complexity index is 1310. The Morgan fingerprint density at radius 3 is 2.66 bits per heavy atom. The normalized spacial score (nSPS) is 11.3. The molecule has 5 heteroatoms. The van der Waals surface area contributed by atoms with Crippen LogP contribution in [-0.2, 0) is 13.5 Å². The Morgan fingerprint density at radius 1 is 1.14 bits per heavy atom. The highest BCUT2D eigenvalue weighted by Gasteiger charge is 2.20. The maximum absolute atomic E-state index is 13.1. The largest absolute Gasteiger partial charge is 0.485 e. The Balaban J connectivity index is 1.73. The van der Waals surface area contributed by atoms with Gasteiger partial charge < -0.3 is 13.7 Å². The van der Waals surface area contributed by atoms with E-state index >= 15 is 0 Å². The molecule has 0 aliphatic carbocycles. The first-order valence-electron chi connectivity index (χ1n) is 9.68. The fourth-order valence-electron chi connectivity index (χ4n) is 3.95. The molecule has 2 aromatic heterocycles. The zero-order valence-corrected chi connectivity index (χ0v) is 17.0. The zero-order chi connectivity index (χ0) is 20.7. The predicted molar refractivity (Wildman–Crippen MR) is 114 cm³/mol. The molecule has 0 saturated carbocycles. The van der Waals surface area contributed by atoms with Crippen molar-refractivity contribution in [2.45, 2.75) is 27.2 Å². The third-order valence-electron chi connectivity index (χ3n) is 5.45. The number of ketones is 1. The first kappa shape index (κ1) is 19.0. The van der Waals surface area contributed by atoms with Gasteiger partial charge in [-0.2, -0.15) is 0 Å². The molecule has 0 atom stereocenters. The van der Waals surface area contributed by atoms with Gasteiger partial charge in [0.1, 0.15) is 11.3 Å². The summed E-state index contributed by atoms with van der Waals surface area (Å²) >= 11 is 0. The average Bonchev–Trinajstić information content (AvgIpc) is 2.95. The fourth-order valence-corrected chi connectivity index (χ4v) is 3.95. The number of aromatic nitrogens is 1. The van der Waals surface area contributed by atoms with Crippen molar-refractivity contribution in [2.75, 3.05) is 6.61 Å². The van der Waals surface area contributed by atoms with E-state index < -0.39 is 0 Å². The SMILES string of the molecule is CCc1cc(=O)oc2cc(C)cc(OCC(=O)c3c(C)n(C)c4ccccc34)c12. The smallest absolute Gasteiger partial charge is 0.336 e. The van der Waals surface area contributed by atoms with Crippen molar-refractivity contribution in [3.8, 4) is 5.75 Å². The van der Waals surface area contributed by atoms with Gasteiger partial charge in [0, 0.05) is 35.3 Å².